The molecule has 122 valence electrons. The van der Waals surface area contributed by atoms with Gasteiger partial charge in [-0.1, -0.05) is 12.1 Å². The van der Waals surface area contributed by atoms with Crippen molar-refractivity contribution in [3.8, 4) is 34.0 Å². The van der Waals surface area contributed by atoms with Crippen LogP contribution in [0.5, 0.6) is 11.5 Å². The lowest BCUT2D eigenvalue weighted by Gasteiger charge is -2.12. The average Bonchev–Trinajstić information content (AvgIpc) is 2.61. The minimum absolute atomic E-state index is 0.727. The third-order valence-electron chi connectivity index (χ3n) is 4.00. The Morgan fingerprint density at radius 3 is 1.46 bits per heavy atom. The van der Waals surface area contributed by atoms with E-state index >= 15 is 0 Å². The first-order chi connectivity index (χ1) is 11.6. The van der Waals surface area contributed by atoms with Crippen molar-refractivity contribution in [2.24, 2.45) is 0 Å². The maximum Gasteiger partial charge on any atom is 0.159 e. The van der Waals surface area contributed by atoms with Crippen molar-refractivity contribution < 1.29 is 9.47 Å². The van der Waals surface area contributed by atoms with Crippen LogP contribution in [0.1, 0.15) is 11.4 Å². The highest BCUT2D eigenvalue weighted by Gasteiger charge is 2.12. The summed E-state index contributed by atoms with van der Waals surface area (Å²) in [5.74, 6) is 2.39. The first-order valence-corrected chi connectivity index (χ1v) is 7.76. The van der Waals surface area contributed by atoms with E-state index in [1.807, 2.05) is 62.4 Å². The van der Waals surface area contributed by atoms with Crippen LogP contribution in [0.15, 0.2) is 48.5 Å². The molecule has 0 amide bonds. The first kappa shape index (κ1) is 16.0. The predicted molar refractivity (Wildman–Crippen MR) is 95.5 cm³/mol. The maximum absolute atomic E-state index is 5.22. The second-order valence-electron chi connectivity index (χ2n) is 5.55. The lowest BCUT2D eigenvalue weighted by molar-refractivity contribution is 0.414. The van der Waals surface area contributed by atoms with Crippen molar-refractivity contribution in [2.45, 2.75) is 13.8 Å². The number of methoxy groups -OCH3 is 2. The van der Waals surface area contributed by atoms with Gasteiger partial charge in [0.25, 0.3) is 0 Å². The molecule has 0 radical (unpaired) electrons. The Balaban J connectivity index is 2.01. The number of rotatable bonds is 4. The van der Waals surface area contributed by atoms with Crippen molar-refractivity contribution in [3.05, 3.63) is 59.9 Å². The van der Waals surface area contributed by atoms with Crippen LogP contribution < -0.4 is 9.47 Å². The molecule has 4 nitrogen and oxygen atoms in total. The highest BCUT2D eigenvalue weighted by atomic mass is 16.5. The average molecular weight is 320 g/mol. The van der Waals surface area contributed by atoms with E-state index in [1.165, 1.54) is 0 Å². The van der Waals surface area contributed by atoms with E-state index in [9.17, 15) is 0 Å². The largest absolute Gasteiger partial charge is 0.497 e. The van der Waals surface area contributed by atoms with Crippen LogP contribution in [-0.2, 0) is 0 Å². The SMILES string of the molecule is COc1ccc(-c2nc(C)c(-c3ccc(OC)cc3)c(C)n2)cc1. The molecule has 0 aliphatic rings. The van der Waals surface area contributed by atoms with Gasteiger partial charge in [-0.15, -0.1) is 0 Å². The Bertz CT molecular complexity index is 818. The van der Waals surface area contributed by atoms with E-state index < -0.39 is 0 Å². The third kappa shape index (κ3) is 3.08. The fourth-order valence-corrected chi connectivity index (χ4v) is 2.76. The predicted octanol–water partition coefficient (Wildman–Crippen LogP) is 4.44. The van der Waals surface area contributed by atoms with Gasteiger partial charge >= 0.3 is 0 Å². The molecule has 0 N–H and O–H groups in total. The summed E-state index contributed by atoms with van der Waals surface area (Å²) in [6.07, 6.45) is 0. The van der Waals surface area contributed by atoms with Gasteiger partial charge in [-0.05, 0) is 55.8 Å². The molecule has 0 aliphatic carbocycles. The van der Waals surface area contributed by atoms with E-state index in [0.717, 1.165) is 45.4 Å². The monoisotopic (exact) mass is 320 g/mol. The lowest BCUT2D eigenvalue weighted by atomic mass is 10.0. The van der Waals surface area contributed by atoms with Crippen molar-refractivity contribution in [2.75, 3.05) is 14.2 Å². The number of ether oxygens (including phenoxy) is 2. The normalized spacial score (nSPS) is 10.5. The molecule has 0 saturated heterocycles. The zero-order valence-electron chi connectivity index (χ0n) is 14.3. The molecule has 0 spiro atoms. The summed E-state index contributed by atoms with van der Waals surface area (Å²) >= 11 is 0. The quantitative estimate of drug-likeness (QED) is 0.712. The fraction of sp³-hybridized carbons (Fsp3) is 0.200. The molecule has 0 fully saturated rings. The van der Waals surface area contributed by atoms with Crippen LogP contribution in [0.2, 0.25) is 0 Å². The van der Waals surface area contributed by atoms with E-state index in [4.69, 9.17) is 19.4 Å². The van der Waals surface area contributed by atoms with Crippen LogP contribution in [0.25, 0.3) is 22.5 Å². The van der Waals surface area contributed by atoms with Crippen molar-refractivity contribution in [3.63, 3.8) is 0 Å². The number of hydrogen-bond donors (Lipinski definition) is 0. The highest BCUT2D eigenvalue weighted by molar-refractivity contribution is 5.70. The van der Waals surface area contributed by atoms with Gasteiger partial charge in [0.1, 0.15) is 11.5 Å². The minimum atomic E-state index is 0.727. The minimum Gasteiger partial charge on any atom is -0.497 e. The zero-order chi connectivity index (χ0) is 17.1. The summed E-state index contributed by atoms with van der Waals surface area (Å²) < 4.78 is 10.4. The number of benzene rings is 2. The van der Waals surface area contributed by atoms with E-state index in [0.29, 0.717) is 0 Å². The van der Waals surface area contributed by atoms with Gasteiger partial charge in [0.2, 0.25) is 0 Å². The summed E-state index contributed by atoms with van der Waals surface area (Å²) in [6, 6.07) is 15.7. The molecule has 0 saturated carbocycles. The summed E-state index contributed by atoms with van der Waals surface area (Å²) in [6.45, 7) is 4.03. The molecule has 0 unspecified atom stereocenters. The Morgan fingerprint density at radius 2 is 1.04 bits per heavy atom. The maximum atomic E-state index is 5.22. The fourth-order valence-electron chi connectivity index (χ4n) is 2.76. The van der Waals surface area contributed by atoms with Crippen LogP contribution in [-0.4, -0.2) is 24.2 Å². The summed E-state index contributed by atoms with van der Waals surface area (Å²) in [5, 5.41) is 0. The van der Waals surface area contributed by atoms with Gasteiger partial charge in [-0.2, -0.15) is 0 Å². The smallest absolute Gasteiger partial charge is 0.159 e. The lowest BCUT2D eigenvalue weighted by Crippen LogP contribution is -1.99. The Kier molecular flexibility index (Phi) is 4.47. The second-order valence-corrected chi connectivity index (χ2v) is 5.55. The van der Waals surface area contributed by atoms with E-state index in [1.54, 1.807) is 14.2 Å². The number of nitrogens with zero attached hydrogens (tertiary/aromatic N) is 2. The molecule has 1 aromatic heterocycles. The van der Waals surface area contributed by atoms with Gasteiger partial charge in [0.05, 0.1) is 14.2 Å². The Labute approximate surface area is 142 Å². The van der Waals surface area contributed by atoms with Crippen LogP contribution in [0.3, 0.4) is 0 Å². The summed E-state index contributed by atoms with van der Waals surface area (Å²) in [4.78, 5) is 9.39. The number of aryl methyl sites for hydroxylation is 2. The molecular formula is C20H20N2O2. The first-order valence-electron chi connectivity index (χ1n) is 7.76. The van der Waals surface area contributed by atoms with Crippen LogP contribution in [0.4, 0.5) is 0 Å². The second kappa shape index (κ2) is 6.71. The van der Waals surface area contributed by atoms with Gasteiger partial charge in [-0.25, -0.2) is 9.97 Å². The van der Waals surface area contributed by atoms with Gasteiger partial charge < -0.3 is 9.47 Å². The van der Waals surface area contributed by atoms with Gasteiger partial charge in [0.15, 0.2) is 5.82 Å². The molecule has 0 atom stereocenters. The molecule has 0 bridgehead atoms. The molecule has 1 heterocycles. The van der Waals surface area contributed by atoms with Crippen molar-refractivity contribution >= 4 is 0 Å². The molecule has 24 heavy (non-hydrogen) atoms. The summed E-state index contributed by atoms with van der Waals surface area (Å²) in [5.41, 5.74) is 5.04. The van der Waals surface area contributed by atoms with Crippen LogP contribution in [0, 0.1) is 13.8 Å². The standard InChI is InChI=1S/C20H20N2O2/c1-13-19(15-5-9-17(23-3)10-6-15)14(2)22-20(21-13)16-7-11-18(24-4)12-8-16/h5-12H,1-4H3. The van der Waals surface area contributed by atoms with E-state index in [2.05, 4.69) is 0 Å². The molecule has 3 aromatic rings. The molecule has 2 aromatic carbocycles. The van der Waals surface area contributed by atoms with E-state index in [-0.39, 0.29) is 0 Å². The number of aromatic nitrogens is 2. The Hall–Kier alpha value is -2.88. The molecule has 0 aliphatic heterocycles. The highest BCUT2D eigenvalue weighted by Crippen LogP contribution is 2.29. The molecule has 4 heteroatoms. The van der Waals surface area contributed by atoms with Gasteiger partial charge in [-0.3, -0.25) is 0 Å². The summed E-state index contributed by atoms with van der Waals surface area (Å²) in [7, 11) is 3.32. The van der Waals surface area contributed by atoms with Gasteiger partial charge in [0, 0.05) is 22.5 Å². The van der Waals surface area contributed by atoms with Crippen molar-refractivity contribution in [1.29, 1.82) is 0 Å². The van der Waals surface area contributed by atoms with Crippen LogP contribution >= 0.6 is 0 Å². The Morgan fingerprint density at radius 1 is 0.625 bits per heavy atom. The topological polar surface area (TPSA) is 44.2 Å². The zero-order valence-corrected chi connectivity index (χ0v) is 14.3. The van der Waals surface area contributed by atoms with Crippen molar-refractivity contribution in [1.82, 2.24) is 9.97 Å². The molecular weight excluding hydrogens is 300 g/mol. The number of hydrogen-bond acceptors (Lipinski definition) is 4. The molecule has 3 rings (SSSR count). The third-order valence-corrected chi connectivity index (χ3v) is 4.00.